The highest BCUT2D eigenvalue weighted by molar-refractivity contribution is 7.13. The van der Waals surface area contributed by atoms with Gasteiger partial charge in [0.2, 0.25) is 0 Å². The maximum Gasteiger partial charge on any atom is 0.312 e. The molecule has 2 atom stereocenters. The number of hydrogen-bond acceptors (Lipinski definition) is 7. The molecule has 3 rings (SSSR count). The molecule has 0 amide bonds. The van der Waals surface area contributed by atoms with Gasteiger partial charge in [0, 0.05) is 17.8 Å². The van der Waals surface area contributed by atoms with Crippen LogP contribution in [-0.4, -0.2) is 35.6 Å². The largest absolute Gasteiger partial charge is 0.469 e. The Morgan fingerprint density at radius 2 is 2.31 bits per heavy atom. The molecule has 0 bridgehead atoms. The van der Waals surface area contributed by atoms with E-state index in [0.29, 0.717) is 30.3 Å². The summed E-state index contributed by atoms with van der Waals surface area (Å²) < 4.78 is 19.5. The molecule has 0 aromatic carbocycles. The van der Waals surface area contributed by atoms with E-state index in [1.165, 1.54) is 24.5 Å². The third-order valence-electron chi connectivity index (χ3n) is 4.69. The van der Waals surface area contributed by atoms with E-state index in [1.807, 2.05) is 19.2 Å². The van der Waals surface area contributed by atoms with Crippen LogP contribution in [-0.2, 0) is 16.0 Å². The zero-order chi connectivity index (χ0) is 18.7. The van der Waals surface area contributed by atoms with E-state index in [-0.39, 0.29) is 24.1 Å². The predicted octanol–water partition coefficient (Wildman–Crippen LogP) is 3.20. The summed E-state index contributed by atoms with van der Waals surface area (Å²) >= 11 is 1.46. The summed E-state index contributed by atoms with van der Waals surface area (Å²) in [7, 11) is 1.38. The number of rotatable bonds is 5. The zero-order valence-corrected chi connectivity index (χ0v) is 16.0. The number of methoxy groups -OCH3 is 1. The van der Waals surface area contributed by atoms with Gasteiger partial charge < -0.3 is 15.4 Å². The van der Waals surface area contributed by atoms with Crippen LogP contribution >= 0.6 is 11.3 Å². The third kappa shape index (κ3) is 4.02. The second-order valence-electron chi connectivity index (χ2n) is 6.80. The maximum atomic E-state index is 14.4. The zero-order valence-electron chi connectivity index (χ0n) is 15.1. The molecule has 1 saturated heterocycles. The normalized spacial score (nSPS) is 22.8. The Morgan fingerprint density at radius 1 is 1.50 bits per heavy atom. The number of ether oxygens (including phenoxy) is 1. The van der Waals surface area contributed by atoms with Crippen molar-refractivity contribution in [1.29, 1.82) is 0 Å². The monoisotopic (exact) mass is 378 g/mol. The first-order valence-corrected chi connectivity index (χ1v) is 9.46. The lowest BCUT2D eigenvalue weighted by Crippen LogP contribution is -2.48. The first-order valence-electron chi connectivity index (χ1n) is 8.58. The Balaban J connectivity index is 1.86. The van der Waals surface area contributed by atoms with Crippen molar-refractivity contribution in [1.82, 2.24) is 15.3 Å². The molecule has 1 fully saturated rings. The van der Waals surface area contributed by atoms with Crippen LogP contribution in [0, 0.1) is 18.2 Å². The second-order valence-corrected chi connectivity index (χ2v) is 7.66. The van der Waals surface area contributed by atoms with Gasteiger partial charge in [-0.25, -0.2) is 14.4 Å². The van der Waals surface area contributed by atoms with E-state index in [2.05, 4.69) is 20.6 Å². The van der Waals surface area contributed by atoms with Gasteiger partial charge in [-0.1, -0.05) is 0 Å². The topological polar surface area (TPSA) is 76.1 Å². The lowest BCUT2D eigenvalue weighted by Gasteiger charge is -2.38. The number of anilines is 2. The van der Waals surface area contributed by atoms with Gasteiger partial charge in [0.15, 0.2) is 5.13 Å². The first-order chi connectivity index (χ1) is 12.4. The molecule has 0 saturated carbocycles. The van der Waals surface area contributed by atoms with Gasteiger partial charge in [0.05, 0.1) is 23.9 Å². The van der Waals surface area contributed by atoms with E-state index in [4.69, 9.17) is 4.74 Å². The van der Waals surface area contributed by atoms with Crippen molar-refractivity contribution in [2.45, 2.75) is 39.2 Å². The Labute approximate surface area is 156 Å². The maximum absolute atomic E-state index is 14.4. The molecular formula is C18H23FN4O2S. The standard InChI is InChI=1S/C18H23FN4O2S/c1-11-8-18(6-7-20-11,16(24)25-3)9-14-13(19)4-5-15(22-14)23-17-21-12(2)10-26-17/h4-5,10-11,20H,6-9H2,1-3H3,(H,21,22,23). The smallest absolute Gasteiger partial charge is 0.312 e. The molecule has 2 N–H and O–H groups in total. The van der Waals surface area contributed by atoms with Crippen molar-refractivity contribution in [2.24, 2.45) is 5.41 Å². The van der Waals surface area contributed by atoms with Crippen LogP contribution in [0.1, 0.15) is 31.2 Å². The summed E-state index contributed by atoms with van der Waals surface area (Å²) in [5.41, 5.74) is 0.417. The van der Waals surface area contributed by atoms with Gasteiger partial charge in [0.25, 0.3) is 0 Å². The molecule has 1 aliphatic heterocycles. The van der Waals surface area contributed by atoms with Crippen molar-refractivity contribution >= 4 is 28.3 Å². The molecule has 2 aromatic heterocycles. The van der Waals surface area contributed by atoms with Crippen molar-refractivity contribution in [2.75, 3.05) is 19.0 Å². The van der Waals surface area contributed by atoms with Gasteiger partial charge in [-0.15, -0.1) is 11.3 Å². The summed E-state index contributed by atoms with van der Waals surface area (Å²) in [6.07, 6.45) is 1.39. The molecule has 0 spiro atoms. The van der Waals surface area contributed by atoms with Crippen LogP contribution in [0.4, 0.5) is 15.3 Å². The summed E-state index contributed by atoms with van der Waals surface area (Å²) in [6, 6.07) is 3.11. The molecule has 2 aromatic rings. The number of pyridine rings is 1. The summed E-state index contributed by atoms with van der Waals surface area (Å²) in [6.45, 7) is 4.61. The molecule has 2 unspecified atom stereocenters. The van der Waals surface area contributed by atoms with Crippen molar-refractivity contribution in [3.8, 4) is 0 Å². The molecule has 8 heteroatoms. The summed E-state index contributed by atoms with van der Waals surface area (Å²) in [4.78, 5) is 21.2. The van der Waals surface area contributed by atoms with E-state index >= 15 is 0 Å². The van der Waals surface area contributed by atoms with Gasteiger partial charge in [0.1, 0.15) is 11.6 Å². The number of esters is 1. The molecule has 26 heavy (non-hydrogen) atoms. The Bertz CT molecular complexity index is 797. The first kappa shape index (κ1) is 18.7. The average Bonchev–Trinajstić information content (AvgIpc) is 3.02. The minimum Gasteiger partial charge on any atom is -0.469 e. The van der Waals surface area contributed by atoms with Crippen molar-refractivity contribution < 1.29 is 13.9 Å². The lowest BCUT2D eigenvalue weighted by molar-refractivity contribution is -0.155. The van der Waals surface area contributed by atoms with Gasteiger partial charge >= 0.3 is 5.97 Å². The van der Waals surface area contributed by atoms with Crippen molar-refractivity contribution in [3.63, 3.8) is 0 Å². The minimum atomic E-state index is -0.760. The summed E-state index contributed by atoms with van der Waals surface area (Å²) in [5.74, 6) is -0.209. The predicted molar refractivity (Wildman–Crippen MR) is 99.2 cm³/mol. The Morgan fingerprint density at radius 3 is 2.96 bits per heavy atom. The van der Waals surface area contributed by atoms with E-state index < -0.39 is 11.2 Å². The highest BCUT2D eigenvalue weighted by Gasteiger charge is 2.43. The van der Waals surface area contributed by atoms with Gasteiger partial charge in [-0.3, -0.25) is 4.79 Å². The molecule has 1 aliphatic rings. The molecule has 140 valence electrons. The Hall–Kier alpha value is -2.06. The highest BCUT2D eigenvalue weighted by atomic mass is 32.1. The molecular weight excluding hydrogens is 355 g/mol. The molecule has 3 heterocycles. The number of piperidine rings is 1. The fourth-order valence-corrected chi connectivity index (χ4v) is 4.17. The van der Waals surface area contributed by atoms with Crippen LogP contribution in [0.2, 0.25) is 0 Å². The molecule has 0 aliphatic carbocycles. The van der Waals surface area contributed by atoms with Crippen LogP contribution in [0.5, 0.6) is 0 Å². The van der Waals surface area contributed by atoms with Crippen molar-refractivity contribution in [3.05, 3.63) is 34.7 Å². The van der Waals surface area contributed by atoms with Gasteiger partial charge in [-0.05, 0) is 45.4 Å². The number of aryl methyl sites for hydroxylation is 1. The fourth-order valence-electron chi connectivity index (χ4n) is 3.47. The lowest BCUT2D eigenvalue weighted by atomic mass is 9.73. The number of nitrogens with zero attached hydrogens (tertiary/aromatic N) is 2. The molecule has 0 radical (unpaired) electrons. The molecule has 6 nitrogen and oxygen atoms in total. The number of nitrogens with one attached hydrogen (secondary N) is 2. The fraction of sp³-hybridized carbons (Fsp3) is 0.500. The number of carbonyl (C=O) groups is 1. The number of halogens is 1. The van der Waals surface area contributed by atoms with Crippen LogP contribution < -0.4 is 10.6 Å². The van der Waals surface area contributed by atoms with Gasteiger partial charge in [-0.2, -0.15) is 0 Å². The SMILES string of the molecule is COC(=O)C1(Cc2nc(Nc3nc(C)cs3)ccc2F)CCNC(C)C1. The second kappa shape index (κ2) is 7.67. The summed E-state index contributed by atoms with van der Waals surface area (Å²) in [5, 5.41) is 9.04. The number of thiazole rings is 1. The van der Waals surface area contributed by atoms with Crippen LogP contribution in [0.25, 0.3) is 0 Å². The Kier molecular flexibility index (Phi) is 5.52. The van der Waals surface area contributed by atoms with Crippen LogP contribution in [0.15, 0.2) is 17.5 Å². The van der Waals surface area contributed by atoms with Crippen LogP contribution in [0.3, 0.4) is 0 Å². The van der Waals surface area contributed by atoms with E-state index in [9.17, 15) is 9.18 Å². The third-order valence-corrected chi connectivity index (χ3v) is 5.57. The minimum absolute atomic E-state index is 0.158. The number of carbonyl (C=O) groups excluding carboxylic acids is 1. The average molecular weight is 378 g/mol. The van der Waals surface area contributed by atoms with E-state index in [1.54, 1.807) is 6.07 Å². The quantitative estimate of drug-likeness (QED) is 0.778. The number of hydrogen-bond donors (Lipinski definition) is 2. The van der Waals surface area contributed by atoms with E-state index in [0.717, 1.165) is 5.69 Å². The number of aromatic nitrogens is 2. The highest BCUT2D eigenvalue weighted by Crippen LogP contribution is 2.37.